The summed E-state index contributed by atoms with van der Waals surface area (Å²) in [6, 6.07) is 3.90. The van der Waals surface area contributed by atoms with Crippen LogP contribution in [0.2, 0.25) is 0 Å². The second-order valence-corrected chi connectivity index (χ2v) is 8.47. The third-order valence-electron chi connectivity index (χ3n) is 6.83. The molecule has 0 unspecified atom stereocenters. The first-order chi connectivity index (χ1) is 14.0. The molecule has 158 valence electrons. The van der Waals surface area contributed by atoms with E-state index in [1.54, 1.807) is 12.3 Å². The number of aromatic nitrogens is 1. The number of hydrogen-bond donors (Lipinski definition) is 2. The van der Waals surface area contributed by atoms with Crippen LogP contribution in [0.15, 0.2) is 18.3 Å². The van der Waals surface area contributed by atoms with Crippen LogP contribution in [0, 0.1) is 5.41 Å². The Labute approximate surface area is 171 Å². The van der Waals surface area contributed by atoms with Crippen LogP contribution in [0.5, 0.6) is 5.75 Å². The second-order valence-electron chi connectivity index (χ2n) is 8.47. The highest BCUT2D eigenvalue weighted by molar-refractivity contribution is 5.85. The number of piperidine rings is 1. The Balaban J connectivity index is 1.34. The van der Waals surface area contributed by atoms with Crippen molar-refractivity contribution in [2.45, 2.75) is 57.1 Å². The molecule has 0 radical (unpaired) electrons. The molecule has 29 heavy (non-hydrogen) atoms. The van der Waals surface area contributed by atoms with Gasteiger partial charge < -0.3 is 25.0 Å². The lowest BCUT2D eigenvalue weighted by molar-refractivity contribution is -0.139. The molecule has 2 saturated heterocycles. The Morgan fingerprint density at radius 3 is 2.48 bits per heavy atom. The van der Waals surface area contributed by atoms with Gasteiger partial charge in [0.2, 0.25) is 5.91 Å². The largest absolute Gasteiger partial charge is 0.412 e. The van der Waals surface area contributed by atoms with Crippen molar-refractivity contribution >= 4 is 17.8 Å². The maximum atomic E-state index is 13.3. The molecule has 3 fully saturated rings. The van der Waals surface area contributed by atoms with Crippen molar-refractivity contribution in [1.29, 1.82) is 0 Å². The van der Waals surface area contributed by atoms with E-state index in [2.05, 4.69) is 20.1 Å². The molecule has 1 aliphatic carbocycles. The van der Waals surface area contributed by atoms with Crippen LogP contribution in [0.1, 0.15) is 44.9 Å². The quantitative estimate of drug-likeness (QED) is 0.802. The first-order valence-electron chi connectivity index (χ1n) is 10.6. The third-order valence-corrected chi connectivity index (χ3v) is 6.83. The molecule has 8 nitrogen and oxygen atoms in total. The number of hydrogen-bond acceptors (Lipinski definition) is 6. The number of ether oxygens (including phenoxy) is 1. The van der Waals surface area contributed by atoms with Gasteiger partial charge in [0.05, 0.1) is 17.7 Å². The summed E-state index contributed by atoms with van der Waals surface area (Å²) in [7, 11) is 1.51. The van der Waals surface area contributed by atoms with E-state index in [1.165, 1.54) is 7.05 Å². The maximum Gasteiger partial charge on any atom is 0.412 e. The molecule has 2 N–H and O–H groups in total. The first-order valence-corrected chi connectivity index (χ1v) is 10.6. The van der Waals surface area contributed by atoms with Crippen LogP contribution in [0.3, 0.4) is 0 Å². The highest BCUT2D eigenvalue weighted by atomic mass is 16.6. The zero-order valence-electron chi connectivity index (χ0n) is 17.0. The lowest BCUT2D eigenvalue weighted by atomic mass is 9.77. The smallest absolute Gasteiger partial charge is 0.409 e. The molecule has 1 spiro atoms. The number of amides is 2. The van der Waals surface area contributed by atoms with Crippen molar-refractivity contribution in [3.63, 3.8) is 0 Å². The summed E-state index contributed by atoms with van der Waals surface area (Å²) in [5.41, 5.74) is -0.227. The minimum atomic E-state index is -0.517. The molecule has 2 aliphatic heterocycles. The van der Waals surface area contributed by atoms with Crippen LogP contribution in [0.4, 0.5) is 10.6 Å². The lowest BCUT2D eigenvalue weighted by Crippen LogP contribution is -2.47. The van der Waals surface area contributed by atoms with E-state index >= 15 is 0 Å². The number of likely N-dealkylation sites (tertiary alicyclic amines) is 1. The number of rotatable bonds is 3. The van der Waals surface area contributed by atoms with E-state index in [4.69, 9.17) is 4.74 Å². The molecular weight excluding hydrogens is 372 g/mol. The normalized spacial score (nSPS) is 26.6. The fraction of sp³-hybridized carbons (Fsp3) is 0.667. The molecule has 3 aliphatic rings. The number of nitrogens with one attached hydrogen (secondary N) is 1. The number of anilines is 1. The van der Waals surface area contributed by atoms with Gasteiger partial charge in [0.25, 0.3) is 0 Å². The Hall–Kier alpha value is -2.35. The van der Waals surface area contributed by atoms with Crippen LogP contribution >= 0.6 is 0 Å². The van der Waals surface area contributed by atoms with E-state index in [-0.39, 0.29) is 11.5 Å². The van der Waals surface area contributed by atoms with E-state index in [1.807, 2.05) is 6.07 Å². The number of aliphatic hydroxyl groups is 1. The average Bonchev–Trinajstić information content (AvgIpc) is 3.06. The van der Waals surface area contributed by atoms with Crippen molar-refractivity contribution in [3.05, 3.63) is 18.3 Å². The van der Waals surface area contributed by atoms with Gasteiger partial charge in [0.15, 0.2) is 5.75 Å². The topological polar surface area (TPSA) is 95.0 Å². The summed E-state index contributed by atoms with van der Waals surface area (Å²) in [4.78, 5) is 33.3. The van der Waals surface area contributed by atoms with Gasteiger partial charge in [-0.2, -0.15) is 0 Å². The van der Waals surface area contributed by atoms with Gasteiger partial charge in [-0.15, -0.1) is 0 Å². The predicted octanol–water partition coefficient (Wildman–Crippen LogP) is 1.92. The molecule has 1 aromatic heterocycles. The summed E-state index contributed by atoms with van der Waals surface area (Å²) in [5.74, 6) is 1.56. The highest BCUT2D eigenvalue weighted by Gasteiger charge is 2.50. The first kappa shape index (κ1) is 19.9. The number of carbonyl (C=O) groups is 2. The van der Waals surface area contributed by atoms with Crippen molar-refractivity contribution < 1.29 is 19.4 Å². The summed E-state index contributed by atoms with van der Waals surface area (Å²) in [6.45, 7) is 2.45. The van der Waals surface area contributed by atoms with Crippen LogP contribution in [-0.2, 0) is 4.79 Å². The monoisotopic (exact) mass is 402 g/mol. The van der Waals surface area contributed by atoms with E-state index in [0.29, 0.717) is 17.7 Å². The van der Waals surface area contributed by atoms with E-state index in [9.17, 15) is 14.7 Å². The average molecular weight is 402 g/mol. The molecular formula is C21H30N4O4. The zero-order valence-corrected chi connectivity index (χ0v) is 17.0. The van der Waals surface area contributed by atoms with Crippen LogP contribution in [-0.4, -0.2) is 65.8 Å². The molecule has 2 amide bonds. The summed E-state index contributed by atoms with van der Waals surface area (Å²) >= 11 is 0. The molecule has 1 saturated carbocycles. The summed E-state index contributed by atoms with van der Waals surface area (Å²) in [5, 5.41) is 12.2. The fourth-order valence-electron chi connectivity index (χ4n) is 4.97. The highest BCUT2D eigenvalue weighted by Crippen LogP contribution is 2.44. The Morgan fingerprint density at radius 2 is 1.86 bits per heavy atom. The Bertz CT molecular complexity index is 738. The predicted molar refractivity (Wildman–Crippen MR) is 108 cm³/mol. The van der Waals surface area contributed by atoms with E-state index in [0.717, 1.165) is 70.4 Å². The van der Waals surface area contributed by atoms with Crippen molar-refractivity contribution in [2.24, 2.45) is 5.41 Å². The van der Waals surface area contributed by atoms with Crippen molar-refractivity contribution in [2.75, 3.05) is 31.6 Å². The fourth-order valence-corrected chi connectivity index (χ4v) is 4.97. The Morgan fingerprint density at radius 1 is 1.17 bits per heavy atom. The summed E-state index contributed by atoms with van der Waals surface area (Å²) < 4.78 is 5.08. The van der Waals surface area contributed by atoms with Gasteiger partial charge >= 0.3 is 6.09 Å². The second kappa shape index (κ2) is 8.18. The lowest BCUT2D eigenvalue weighted by Gasteiger charge is -2.40. The van der Waals surface area contributed by atoms with E-state index < -0.39 is 6.09 Å². The molecule has 8 heteroatoms. The molecule has 0 bridgehead atoms. The van der Waals surface area contributed by atoms with Gasteiger partial charge in [0, 0.05) is 32.7 Å². The standard InChI is InChI=1S/C21H30N4O4/c1-22-20(28)29-17-6-7-18(23-14-17)24-11-8-21(9-12-24)10-13-25(19(21)27)15-2-4-16(26)5-3-15/h6-7,14-16,26H,2-5,8-13H2,1H3,(H,22,28). The van der Waals surface area contributed by atoms with Crippen LogP contribution in [0.25, 0.3) is 0 Å². The zero-order chi connectivity index (χ0) is 20.4. The molecule has 1 aromatic rings. The molecule has 3 heterocycles. The minimum Gasteiger partial charge on any atom is -0.409 e. The molecule has 0 aromatic carbocycles. The molecule has 0 atom stereocenters. The van der Waals surface area contributed by atoms with Gasteiger partial charge in [-0.3, -0.25) is 4.79 Å². The van der Waals surface area contributed by atoms with Gasteiger partial charge in [-0.05, 0) is 57.1 Å². The molecule has 4 rings (SSSR count). The van der Waals surface area contributed by atoms with Crippen LogP contribution < -0.4 is 15.0 Å². The van der Waals surface area contributed by atoms with Gasteiger partial charge in [-0.25, -0.2) is 9.78 Å². The Kier molecular flexibility index (Phi) is 5.63. The minimum absolute atomic E-state index is 0.193. The maximum absolute atomic E-state index is 13.3. The number of nitrogens with zero attached hydrogens (tertiary/aromatic N) is 3. The number of carbonyl (C=O) groups excluding carboxylic acids is 2. The van der Waals surface area contributed by atoms with Crippen molar-refractivity contribution in [1.82, 2.24) is 15.2 Å². The summed E-state index contributed by atoms with van der Waals surface area (Å²) in [6.07, 6.45) is 6.91. The number of pyridine rings is 1. The van der Waals surface area contributed by atoms with Crippen molar-refractivity contribution in [3.8, 4) is 5.75 Å². The van der Waals surface area contributed by atoms with Gasteiger partial charge in [-0.1, -0.05) is 0 Å². The third kappa shape index (κ3) is 4.03. The van der Waals surface area contributed by atoms with Gasteiger partial charge in [0.1, 0.15) is 5.82 Å². The number of aliphatic hydroxyl groups excluding tert-OH is 1. The SMILES string of the molecule is CNC(=O)Oc1ccc(N2CCC3(CC2)CCN(C2CCC(O)CC2)C3=O)nc1.